The van der Waals surface area contributed by atoms with Gasteiger partial charge in [0.05, 0.1) is 39.5 Å². The van der Waals surface area contributed by atoms with Crippen molar-refractivity contribution in [2.75, 3.05) is 0 Å². The van der Waals surface area contributed by atoms with Crippen LogP contribution in [0.5, 0.6) is 5.75 Å². The van der Waals surface area contributed by atoms with Crippen molar-refractivity contribution in [3.05, 3.63) is 103 Å². The molecule has 4 heterocycles. The van der Waals surface area contributed by atoms with E-state index in [0.717, 1.165) is 50.3 Å². The second-order valence-corrected chi connectivity index (χ2v) is 7.78. The zero-order valence-electron chi connectivity index (χ0n) is 18.0. The minimum absolute atomic E-state index is 0.566. The number of hydrogen-bond donors (Lipinski definition) is 1. The van der Waals surface area contributed by atoms with Crippen molar-refractivity contribution in [2.45, 2.75) is 0 Å². The molecule has 0 fully saturated rings. The molecule has 161 valence electrons. The maximum absolute atomic E-state index is 9.09. The Hall–Kier alpha value is -4.49. The van der Waals surface area contributed by atoms with Gasteiger partial charge in [-0.2, -0.15) is 0 Å². The number of rotatable bonds is 5. The van der Waals surface area contributed by atoms with Crippen molar-refractivity contribution >= 4 is 29.5 Å². The highest BCUT2D eigenvalue weighted by atomic mass is 16.5. The number of para-hydroxylation sites is 1. The summed E-state index contributed by atoms with van der Waals surface area (Å²) in [4.78, 5) is 13.9. The van der Waals surface area contributed by atoms with E-state index in [0.29, 0.717) is 13.4 Å². The minimum Gasteiger partial charge on any atom is -0.537 e. The predicted molar refractivity (Wildman–Crippen MR) is 134 cm³/mol. The summed E-state index contributed by atoms with van der Waals surface area (Å²) in [7, 11) is 0.696. The van der Waals surface area contributed by atoms with Gasteiger partial charge in [-0.3, -0.25) is 9.97 Å². The average molecular weight is 441 g/mol. The van der Waals surface area contributed by atoms with E-state index in [-0.39, 0.29) is 0 Å². The van der Waals surface area contributed by atoms with Crippen LogP contribution in [-0.4, -0.2) is 32.2 Å². The molecule has 7 heteroatoms. The normalized spacial score (nSPS) is 11.1. The van der Waals surface area contributed by atoms with Gasteiger partial charge < -0.3 is 14.2 Å². The molecule has 1 radical (unpaired) electrons. The van der Waals surface area contributed by atoms with Gasteiger partial charge in [-0.15, -0.1) is 0 Å². The fourth-order valence-corrected chi connectivity index (χ4v) is 4.30. The first-order valence-electron chi connectivity index (χ1n) is 10.8. The van der Waals surface area contributed by atoms with Gasteiger partial charge in [-0.25, -0.2) is 4.98 Å². The van der Waals surface area contributed by atoms with Gasteiger partial charge in [0.25, 0.3) is 0 Å². The van der Waals surface area contributed by atoms with E-state index >= 15 is 0 Å². The zero-order chi connectivity index (χ0) is 22.9. The molecule has 2 aromatic carbocycles. The molecule has 0 aliphatic rings. The zero-order valence-corrected chi connectivity index (χ0v) is 18.0. The average Bonchev–Trinajstić information content (AvgIpc) is 3.23. The van der Waals surface area contributed by atoms with Gasteiger partial charge in [0.2, 0.25) is 0 Å². The van der Waals surface area contributed by atoms with Crippen molar-refractivity contribution in [1.29, 1.82) is 0 Å². The maximum atomic E-state index is 9.09. The summed E-state index contributed by atoms with van der Waals surface area (Å²) in [5.74, 6) is 0.566. The van der Waals surface area contributed by atoms with Crippen LogP contribution >= 0.6 is 0 Å². The molecule has 6 rings (SSSR count). The molecule has 0 amide bonds. The van der Waals surface area contributed by atoms with Gasteiger partial charge >= 0.3 is 7.69 Å². The minimum atomic E-state index is 0.566. The van der Waals surface area contributed by atoms with Crippen molar-refractivity contribution in [3.8, 4) is 34.2 Å². The first-order chi connectivity index (χ1) is 16.8. The summed E-state index contributed by atoms with van der Waals surface area (Å²) in [5, 5.41) is 11.2. The summed E-state index contributed by atoms with van der Waals surface area (Å²) < 4.78 is 7.43. The fraction of sp³-hybridized carbons (Fsp3) is 0. The Bertz CT molecular complexity index is 1560. The highest BCUT2D eigenvalue weighted by Gasteiger charge is 2.16. The Morgan fingerprint density at radius 2 is 1.29 bits per heavy atom. The van der Waals surface area contributed by atoms with E-state index in [9.17, 15) is 0 Å². The molecule has 0 spiro atoms. The van der Waals surface area contributed by atoms with Crippen LogP contribution in [0.25, 0.3) is 50.3 Å². The van der Waals surface area contributed by atoms with Crippen LogP contribution in [0.3, 0.4) is 0 Å². The highest BCUT2D eigenvalue weighted by molar-refractivity contribution is 6.17. The number of benzene rings is 2. The second kappa shape index (κ2) is 8.46. The molecule has 0 bridgehead atoms. The summed E-state index contributed by atoms with van der Waals surface area (Å²) >= 11 is 0. The fourth-order valence-electron chi connectivity index (χ4n) is 4.30. The van der Waals surface area contributed by atoms with E-state index in [1.165, 1.54) is 0 Å². The molecule has 0 saturated heterocycles. The molecule has 0 atom stereocenters. The number of fused-ring (bicyclic) bond motifs is 3. The van der Waals surface area contributed by atoms with E-state index in [1.807, 2.05) is 78.9 Å². The van der Waals surface area contributed by atoms with Crippen molar-refractivity contribution in [2.24, 2.45) is 0 Å². The molecule has 34 heavy (non-hydrogen) atoms. The van der Waals surface area contributed by atoms with Gasteiger partial charge in [-0.05, 0) is 60.7 Å². The molecule has 6 nitrogen and oxygen atoms in total. The molecule has 0 aliphatic carbocycles. The lowest BCUT2D eigenvalue weighted by Crippen LogP contribution is -2.00. The Labute approximate surface area is 196 Å². The first kappa shape index (κ1) is 20.1. The third-order valence-electron chi connectivity index (χ3n) is 5.76. The number of nitrogens with zero attached hydrogens (tertiary/aromatic N) is 4. The molecule has 0 aliphatic heterocycles. The molecule has 1 N–H and O–H groups in total. The molecular formula is C27H18BN4O2. The monoisotopic (exact) mass is 441 g/mol. The lowest BCUT2D eigenvalue weighted by molar-refractivity contribution is 0.454. The predicted octanol–water partition coefficient (Wildman–Crippen LogP) is 5.21. The van der Waals surface area contributed by atoms with Gasteiger partial charge in [0, 0.05) is 23.2 Å². The van der Waals surface area contributed by atoms with Crippen LogP contribution in [-0.2, 0) is 0 Å². The quantitative estimate of drug-likeness (QED) is 0.372. The SMILES string of the molecule is O[B]Oc1ccc2c(c1)c1ccccc1n2-c1cc(-c2ccccn2)nc(-c2ccccn2)c1. The molecule has 6 aromatic rings. The van der Waals surface area contributed by atoms with E-state index in [2.05, 4.69) is 26.7 Å². The number of hydrogen-bond acceptors (Lipinski definition) is 5. The lowest BCUT2D eigenvalue weighted by Gasteiger charge is -2.12. The van der Waals surface area contributed by atoms with Crippen molar-refractivity contribution in [1.82, 2.24) is 19.5 Å². The van der Waals surface area contributed by atoms with Gasteiger partial charge in [0.1, 0.15) is 5.75 Å². The summed E-state index contributed by atoms with van der Waals surface area (Å²) in [6, 6.07) is 29.7. The lowest BCUT2D eigenvalue weighted by atomic mass is 10.1. The molecule has 4 aromatic heterocycles. The first-order valence-corrected chi connectivity index (χ1v) is 10.8. The summed E-state index contributed by atoms with van der Waals surface area (Å²) in [5.41, 5.74) is 6.11. The van der Waals surface area contributed by atoms with E-state index in [4.69, 9.17) is 14.7 Å². The standard InChI is InChI=1S/C27H18BN4O2/c33-28-34-19-11-12-27-21(17-19)20-7-1-2-10-26(20)32(27)18-15-24(22-8-3-5-13-29-22)31-25(16-18)23-9-4-6-14-30-23/h1-17,33H. The van der Waals surface area contributed by atoms with Crippen molar-refractivity contribution < 1.29 is 9.68 Å². The third-order valence-corrected chi connectivity index (χ3v) is 5.76. The Kier molecular flexibility index (Phi) is 5.01. The van der Waals surface area contributed by atoms with Crippen LogP contribution < -0.4 is 4.65 Å². The smallest absolute Gasteiger partial charge is 0.537 e. The van der Waals surface area contributed by atoms with Crippen LogP contribution in [0.2, 0.25) is 0 Å². The molecule has 0 unspecified atom stereocenters. The topological polar surface area (TPSA) is 73.1 Å². The van der Waals surface area contributed by atoms with Gasteiger partial charge in [-0.1, -0.05) is 30.3 Å². The van der Waals surface area contributed by atoms with Crippen molar-refractivity contribution in [3.63, 3.8) is 0 Å². The summed E-state index contributed by atoms with van der Waals surface area (Å²) in [6.45, 7) is 0. The van der Waals surface area contributed by atoms with E-state index in [1.54, 1.807) is 12.4 Å². The second-order valence-electron chi connectivity index (χ2n) is 7.78. The molecule has 0 saturated carbocycles. The third kappa shape index (κ3) is 3.48. The maximum Gasteiger partial charge on any atom is 0.569 e. The van der Waals surface area contributed by atoms with Crippen LogP contribution in [0.4, 0.5) is 0 Å². The van der Waals surface area contributed by atoms with Gasteiger partial charge in [0.15, 0.2) is 0 Å². The number of pyridine rings is 3. The van der Waals surface area contributed by atoms with Crippen LogP contribution in [0.15, 0.2) is 103 Å². The Morgan fingerprint density at radius 1 is 0.647 bits per heavy atom. The highest BCUT2D eigenvalue weighted by Crippen LogP contribution is 2.35. The summed E-state index contributed by atoms with van der Waals surface area (Å²) in [6.07, 6.45) is 3.54. The largest absolute Gasteiger partial charge is 0.569 e. The van der Waals surface area contributed by atoms with Crippen LogP contribution in [0.1, 0.15) is 0 Å². The van der Waals surface area contributed by atoms with E-state index < -0.39 is 0 Å². The Balaban J connectivity index is 1.66. The Morgan fingerprint density at radius 3 is 1.94 bits per heavy atom. The van der Waals surface area contributed by atoms with Crippen LogP contribution in [0, 0.1) is 0 Å². The molecular weight excluding hydrogens is 423 g/mol. The number of aromatic nitrogens is 4.